The summed E-state index contributed by atoms with van der Waals surface area (Å²) in [5.41, 5.74) is 1.76. The number of hydrogen-bond donors (Lipinski definition) is 2. The minimum atomic E-state index is -0.832. The number of hydrogen-bond acceptors (Lipinski definition) is 7. The normalized spacial score (nSPS) is 17.1. The van der Waals surface area contributed by atoms with Gasteiger partial charge in [-0.15, -0.1) is 0 Å². The molecule has 1 aliphatic rings. The van der Waals surface area contributed by atoms with Gasteiger partial charge < -0.3 is 29.5 Å². The lowest BCUT2D eigenvalue weighted by Gasteiger charge is -2.28. The van der Waals surface area contributed by atoms with Gasteiger partial charge in [0.05, 0.1) is 24.8 Å². The summed E-state index contributed by atoms with van der Waals surface area (Å²) < 4.78 is 11.4. The number of Topliss-reactive ketones (excluding diaryl/α,β-unsaturated/α-hetero) is 1. The van der Waals surface area contributed by atoms with E-state index in [0.717, 1.165) is 18.7 Å². The zero-order chi connectivity index (χ0) is 28.0. The second kappa shape index (κ2) is 12.8. The van der Waals surface area contributed by atoms with Gasteiger partial charge in [0.2, 0.25) is 0 Å². The van der Waals surface area contributed by atoms with Crippen LogP contribution < -0.4 is 9.47 Å². The van der Waals surface area contributed by atoms with Gasteiger partial charge in [-0.25, -0.2) is 0 Å². The number of aryl methyl sites for hydroxylation is 1. The molecule has 3 rings (SSSR count). The third-order valence-electron chi connectivity index (χ3n) is 6.73. The van der Waals surface area contributed by atoms with Crippen molar-refractivity contribution in [1.29, 1.82) is 0 Å². The average Bonchev–Trinajstić information content (AvgIpc) is 3.14. The summed E-state index contributed by atoms with van der Waals surface area (Å²) >= 11 is 0. The summed E-state index contributed by atoms with van der Waals surface area (Å²) in [5, 5.41) is 21.8. The molecule has 1 saturated heterocycles. The molecule has 1 fully saturated rings. The number of rotatable bonds is 12. The monoisotopic (exact) mass is 524 g/mol. The van der Waals surface area contributed by atoms with E-state index in [1.807, 2.05) is 26.8 Å². The smallest absolute Gasteiger partial charge is 0.295 e. The number of phenolic OH excluding ortho intramolecular Hbond substituents is 1. The molecule has 38 heavy (non-hydrogen) atoms. The van der Waals surface area contributed by atoms with Gasteiger partial charge in [0.1, 0.15) is 11.5 Å². The van der Waals surface area contributed by atoms with E-state index in [9.17, 15) is 19.8 Å². The van der Waals surface area contributed by atoms with Crippen LogP contribution in [-0.2, 0) is 9.59 Å². The van der Waals surface area contributed by atoms with E-state index in [2.05, 4.69) is 18.7 Å². The van der Waals surface area contributed by atoms with E-state index in [0.29, 0.717) is 49.1 Å². The Hall–Kier alpha value is -3.52. The molecule has 1 amide bonds. The first kappa shape index (κ1) is 29.0. The topological polar surface area (TPSA) is 99.5 Å². The maximum Gasteiger partial charge on any atom is 0.295 e. The lowest BCUT2D eigenvalue weighted by Crippen LogP contribution is -2.38. The van der Waals surface area contributed by atoms with Gasteiger partial charge >= 0.3 is 0 Å². The molecule has 2 aromatic carbocycles. The highest BCUT2D eigenvalue weighted by Crippen LogP contribution is 2.42. The Labute approximate surface area is 225 Å². The van der Waals surface area contributed by atoms with Crippen molar-refractivity contribution in [3.05, 3.63) is 58.7 Å². The van der Waals surface area contributed by atoms with Crippen molar-refractivity contribution in [2.75, 3.05) is 39.4 Å². The van der Waals surface area contributed by atoms with Gasteiger partial charge in [-0.1, -0.05) is 33.8 Å². The van der Waals surface area contributed by atoms with Crippen molar-refractivity contribution in [1.82, 2.24) is 9.80 Å². The zero-order valence-corrected chi connectivity index (χ0v) is 23.3. The highest BCUT2D eigenvalue weighted by atomic mass is 16.5. The molecule has 0 aliphatic carbocycles. The Morgan fingerprint density at radius 1 is 1.05 bits per heavy atom. The molecule has 1 heterocycles. The number of aliphatic hydroxyl groups excluding tert-OH is 1. The first-order valence-corrected chi connectivity index (χ1v) is 13.3. The van der Waals surface area contributed by atoms with Crippen LogP contribution in [0.1, 0.15) is 57.4 Å². The number of ketones is 1. The fraction of sp³-hybridized carbons (Fsp3) is 0.467. The van der Waals surface area contributed by atoms with E-state index in [1.54, 1.807) is 31.2 Å². The van der Waals surface area contributed by atoms with E-state index < -0.39 is 17.7 Å². The lowest BCUT2D eigenvalue weighted by atomic mass is 9.93. The molecule has 0 aromatic heterocycles. The molecule has 0 spiro atoms. The van der Waals surface area contributed by atoms with Gasteiger partial charge in [-0.3, -0.25) is 9.59 Å². The number of phenols is 1. The molecule has 8 heteroatoms. The molecule has 2 N–H and O–H groups in total. The van der Waals surface area contributed by atoms with Crippen molar-refractivity contribution in [3.63, 3.8) is 0 Å². The summed E-state index contributed by atoms with van der Waals surface area (Å²) in [6.45, 7) is 15.2. The summed E-state index contributed by atoms with van der Waals surface area (Å²) in [5.74, 6) is -0.392. The predicted octanol–water partition coefficient (Wildman–Crippen LogP) is 4.90. The summed E-state index contributed by atoms with van der Waals surface area (Å²) in [7, 11) is 0. The molecular weight excluding hydrogens is 484 g/mol. The number of carbonyl (C=O) groups excluding carboxylic acids is 2. The number of nitrogens with zero attached hydrogens (tertiary/aromatic N) is 2. The van der Waals surface area contributed by atoms with Crippen LogP contribution in [0.5, 0.6) is 17.2 Å². The Morgan fingerprint density at radius 3 is 2.37 bits per heavy atom. The minimum Gasteiger partial charge on any atom is -0.507 e. The number of aliphatic hydroxyl groups is 1. The lowest BCUT2D eigenvalue weighted by molar-refractivity contribution is -0.140. The Morgan fingerprint density at radius 2 is 1.76 bits per heavy atom. The Kier molecular flexibility index (Phi) is 9.80. The standard InChI is InChI=1S/C30H40N2O6/c1-7-31(8-2)14-15-32-27(21-10-13-24(33)25(17-21)37-9-3)26(29(35)30(32)36)28(34)23-12-11-22(16-20(23)6)38-18-19(4)5/h10-13,16-17,19,27,33-34H,7-9,14-15,18H2,1-6H3/b28-26+. The van der Waals surface area contributed by atoms with Crippen LogP contribution in [0.4, 0.5) is 0 Å². The van der Waals surface area contributed by atoms with Crippen LogP contribution in [0.15, 0.2) is 42.0 Å². The first-order valence-electron chi connectivity index (χ1n) is 13.3. The molecule has 8 nitrogen and oxygen atoms in total. The van der Waals surface area contributed by atoms with Crippen LogP contribution in [0.2, 0.25) is 0 Å². The Balaban J connectivity index is 2.12. The fourth-order valence-electron chi connectivity index (χ4n) is 4.62. The SMILES string of the molecule is CCOc1cc(C2/C(=C(\O)c3ccc(OCC(C)C)cc3C)C(=O)C(=O)N2CCN(CC)CC)ccc1O. The molecule has 206 valence electrons. The summed E-state index contributed by atoms with van der Waals surface area (Å²) in [6.07, 6.45) is 0. The highest BCUT2D eigenvalue weighted by Gasteiger charge is 2.46. The van der Waals surface area contributed by atoms with Crippen molar-refractivity contribution in [2.45, 2.75) is 47.6 Å². The highest BCUT2D eigenvalue weighted by molar-refractivity contribution is 6.46. The molecule has 0 radical (unpaired) electrons. The molecule has 2 aromatic rings. The molecule has 0 saturated carbocycles. The third-order valence-corrected chi connectivity index (χ3v) is 6.73. The van der Waals surface area contributed by atoms with E-state index in [4.69, 9.17) is 9.47 Å². The molecule has 1 aliphatic heterocycles. The number of amides is 1. The second-order valence-electron chi connectivity index (χ2n) is 9.86. The average molecular weight is 525 g/mol. The van der Waals surface area contributed by atoms with Gasteiger partial charge in [-0.05, 0) is 74.3 Å². The molecule has 1 unspecified atom stereocenters. The van der Waals surface area contributed by atoms with Gasteiger partial charge in [-0.2, -0.15) is 0 Å². The minimum absolute atomic E-state index is 0.0154. The summed E-state index contributed by atoms with van der Waals surface area (Å²) in [4.78, 5) is 30.4. The Bertz CT molecular complexity index is 1190. The van der Waals surface area contributed by atoms with Crippen LogP contribution >= 0.6 is 0 Å². The quantitative estimate of drug-likeness (QED) is 0.231. The van der Waals surface area contributed by atoms with Crippen molar-refractivity contribution in [2.24, 2.45) is 5.92 Å². The van der Waals surface area contributed by atoms with Gasteiger partial charge in [0.25, 0.3) is 11.7 Å². The van der Waals surface area contributed by atoms with Crippen molar-refractivity contribution in [3.8, 4) is 17.2 Å². The number of aromatic hydroxyl groups is 1. The van der Waals surface area contributed by atoms with E-state index >= 15 is 0 Å². The molecular formula is C30H40N2O6. The number of ether oxygens (including phenoxy) is 2. The van der Waals surface area contributed by atoms with Crippen LogP contribution in [0, 0.1) is 12.8 Å². The predicted molar refractivity (Wildman–Crippen MR) is 148 cm³/mol. The maximum atomic E-state index is 13.4. The number of likely N-dealkylation sites (tertiary alicyclic amines) is 1. The third kappa shape index (κ3) is 6.30. The maximum absolute atomic E-state index is 13.4. The molecule has 1 atom stereocenters. The van der Waals surface area contributed by atoms with Crippen LogP contribution in [0.25, 0.3) is 5.76 Å². The zero-order valence-electron chi connectivity index (χ0n) is 23.3. The number of likely N-dealkylation sites (N-methyl/N-ethyl adjacent to an activating group) is 1. The van der Waals surface area contributed by atoms with E-state index in [1.165, 1.54) is 11.0 Å². The number of benzene rings is 2. The summed E-state index contributed by atoms with van der Waals surface area (Å²) in [6, 6.07) is 9.21. The molecule has 0 bridgehead atoms. The first-order chi connectivity index (χ1) is 18.1. The van der Waals surface area contributed by atoms with E-state index in [-0.39, 0.29) is 22.8 Å². The van der Waals surface area contributed by atoms with Crippen LogP contribution in [0.3, 0.4) is 0 Å². The number of carbonyl (C=O) groups is 2. The van der Waals surface area contributed by atoms with Crippen molar-refractivity contribution < 1.29 is 29.3 Å². The largest absolute Gasteiger partial charge is 0.507 e. The van der Waals surface area contributed by atoms with Gasteiger partial charge in [0, 0.05) is 18.7 Å². The van der Waals surface area contributed by atoms with Crippen LogP contribution in [-0.4, -0.2) is 71.1 Å². The fourth-order valence-corrected chi connectivity index (χ4v) is 4.62. The van der Waals surface area contributed by atoms with Gasteiger partial charge in [0.15, 0.2) is 11.5 Å². The van der Waals surface area contributed by atoms with Crippen molar-refractivity contribution >= 4 is 17.4 Å². The second-order valence-corrected chi connectivity index (χ2v) is 9.86.